The van der Waals surface area contributed by atoms with Crippen molar-refractivity contribution in [2.75, 3.05) is 7.11 Å². The summed E-state index contributed by atoms with van der Waals surface area (Å²) in [4.78, 5) is 49.9. The molecule has 3 rings (SSSR count). The third-order valence-electron chi connectivity index (χ3n) is 6.18. The fourth-order valence-corrected chi connectivity index (χ4v) is 4.21. The van der Waals surface area contributed by atoms with Gasteiger partial charge >= 0.3 is 23.9 Å². The van der Waals surface area contributed by atoms with E-state index in [9.17, 15) is 19.2 Å². The first-order chi connectivity index (χ1) is 15.0. The van der Waals surface area contributed by atoms with E-state index in [1.54, 1.807) is 26.0 Å². The Morgan fingerprint density at radius 1 is 1.25 bits per heavy atom. The van der Waals surface area contributed by atoms with Gasteiger partial charge in [-0.2, -0.15) is 0 Å². The topological polar surface area (TPSA) is 118 Å². The Morgan fingerprint density at radius 3 is 2.53 bits per heavy atom. The maximum atomic E-state index is 12.8. The van der Waals surface area contributed by atoms with Gasteiger partial charge < -0.3 is 23.7 Å². The molecule has 0 aromatic heterocycles. The van der Waals surface area contributed by atoms with Crippen molar-refractivity contribution in [3.8, 4) is 0 Å². The standard InChI is InChI=1S/C23H28O9/c1-7-11(2)20(25)30-17-15-12(3)21(26)31-18(15)19-23(5,32-19)10-8-9-14(22(27)28-6)16(17)29-13(4)24/h7,9,15-19H,3,8,10H2,1-2,4-6H3. The van der Waals surface area contributed by atoms with Crippen molar-refractivity contribution in [3.63, 3.8) is 0 Å². The first-order valence-electron chi connectivity index (χ1n) is 10.4. The van der Waals surface area contributed by atoms with Crippen LogP contribution in [0.25, 0.3) is 0 Å². The average Bonchev–Trinajstić information content (AvgIpc) is 3.33. The lowest BCUT2D eigenvalue weighted by molar-refractivity contribution is -0.168. The van der Waals surface area contributed by atoms with E-state index in [4.69, 9.17) is 23.7 Å². The van der Waals surface area contributed by atoms with Crippen molar-refractivity contribution in [1.29, 1.82) is 0 Å². The predicted molar refractivity (Wildman–Crippen MR) is 110 cm³/mol. The summed E-state index contributed by atoms with van der Waals surface area (Å²) < 4.78 is 27.6. The number of carbonyl (C=O) groups excluding carboxylic acids is 4. The van der Waals surface area contributed by atoms with Gasteiger partial charge in [0.15, 0.2) is 12.2 Å². The van der Waals surface area contributed by atoms with Crippen molar-refractivity contribution in [1.82, 2.24) is 0 Å². The van der Waals surface area contributed by atoms with Crippen LogP contribution in [0.2, 0.25) is 0 Å². The zero-order valence-corrected chi connectivity index (χ0v) is 18.8. The van der Waals surface area contributed by atoms with Crippen LogP contribution in [-0.4, -0.2) is 61.0 Å². The van der Waals surface area contributed by atoms with Gasteiger partial charge in [-0.3, -0.25) is 4.79 Å². The minimum atomic E-state index is -1.34. The minimum Gasteiger partial charge on any atom is -0.466 e. The number of hydrogen-bond donors (Lipinski definition) is 0. The number of fused-ring (bicyclic) bond motifs is 3. The fourth-order valence-electron chi connectivity index (χ4n) is 4.21. The highest BCUT2D eigenvalue weighted by molar-refractivity contribution is 5.93. The van der Waals surface area contributed by atoms with E-state index in [-0.39, 0.29) is 11.1 Å². The summed E-state index contributed by atoms with van der Waals surface area (Å²) in [5, 5.41) is 0. The molecule has 2 fully saturated rings. The molecule has 174 valence electrons. The summed E-state index contributed by atoms with van der Waals surface area (Å²) in [5.74, 6) is -3.71. The molecule has 0 spiro atoms. The Balaban J connectivity index is 2.17. The van der Waals surface area contributed by atoms with Crippen LogP contribution in [0.15, 0.2) is 35.5 Å². The molecular formula is C23H28O9. The second-order valence-corrected chi connectivity index (χ2v) is 8.33. The highest BCUT2D eigenvalue weighted by atomic mass is 16.7. The number of esters is 4. The van der Waals surface area contributed by atoms with Crippen molar-refractivity contribution in [2.45, 2.75) is 70.6 Å². The van der Waals surface area contributed by atoms with Gasteiger partial charge in [-0.25, -0.2) is 14.4 Å². The molecule has 2 aliphatic heterocycles. The third kappa shape index (κ3) is 4.34. The maximum absolute atomic E-state index is 12.8. The summed E-state index contributed by atoms with van der Waals surface area (Å²) in [6.07, 6.45) is 0.190. The first kappa shape index (κ1) is 23.7. The van der Waals surface area contributed by atoms with E-state index in [1.165, 1.54) is 14.0 Å². The van der Waals surface area contributed by atoms with Crippen LogP contribution in [0.3, 0.4) is 0 Å². The maximum Gasteiger partial charge on any atom is 0.337 e. The molecule has 3 aliphatic rings. The second kappa shape index (κ2) is 8.90. The highest BCUT2D eigenvalue weighted by Gasteiger charge is 2.64. The molecule has 0 radical (unpaired) electrons. The quantitative estimate of drug-likeness (QED) is 0.275. The minimum absolute atomic E-state index is 0.00669. The first-order valence-corrected chi connectivity index (χ1v) is 10.4. The van der Waals surface area contributed by atoms with Crippen LogP contribution >= 0.6 is 0 Å². The summed E-state index contributed by atoms with van der Waals surface area (Å²) in [6.45, 7) is 10.1. The molecule has 2 heterocycles. The molecule has 32 heavy (non-hydrogen) atoms. The molecule has 9 heteroatoms. The van der Waals surface area contributed by atoms with E-state index in [1.807, 2.05) is 6.92 Å². The number of carbonyl (C=O) groups is 4. The van der Waals surface area contributed by atoms with Crippen molar-refractivity contribution in [3.05, 3.63) is 35.5 Å². The number of hydrogen-bond acceptors (Lipinski definition) is 9. The van der Waals surface area contributed by atoms with Crippen molar-refractivity contribution in [2.24, 2.45) is 5.92 Å². The Labute approximate surface area is 186 Å². The van der Waals surface area contributed by atoms with Crippen molar-refractivity contribution >= 4 is 23.9 Å². The molecule has 0 amide bonds. The Kier molecular flexibility index (Phi) is 6.59. The van der Waals surface area contributed by atoms with E-state index in [2.05, 4.69) is 6.58 Å². The van der Waals surface area contributed by atoms with E-state index in [0.717, 1.165) is 0 Å². The van der Waals surface area contributed by atoms with Gasteiger partial charge in [0, 0.05) is 18.1 Å². The molecule has 6 atom stereocenters. The zero-order chi connectivity index (χ0) is 23.8. The van der Waals surface area contributed by atoms with Gasteiger partial charge in [0.25, 0.3) is 0 Å². The third-order valence-corrected chi connectivity index (χ3v) is 6.18. The predicted octanol–water partition coefficient (Wildman–Crippen LogP) is 1.94. The molecule has 0 aromatic carbocycles. The molecule has 0 aromatic rings. The monoisotopic (exact) mass is 448 g/mol. The van der Waals surface area contributed by atoms with Crippen LogP contribution in [-0.2, 0) is 42.9 Å². The average molecular weight is 448 g/mol. The highest BCUT2D eigenvalue weighted by Crippen LogP contribution is 2.50. The Hall–Kier alpha value is -2.94. The lowest BCUT2D eigenvalue weighted by atomic mass is 9.80. The fraction of sp³-hybridized carbons (Fsp3) is 0.565. The van der Waals surface area contributed by atoms with Crippen molar-refractivity contribution < 1.29 is 42.9 Å². The zero-order valence-electron chi connectivity index (χ0n) is 18.8. The van der Waals surface area contributed by atoms with E-state index < -0.39 is 59.8 Å². The molecule has 0 bridgehead atoms. The lowest BCUT2D eigenvalue weighted by Crippen LogP contribution is -2.48. The number of ether oxygens (including phenoxy) is 5. The van der Waals surface area contributed by atoms with Gasteiger partial charge in [0.1, 0.15) is 12.2 Å². The van der Waals surface area contributed by atoms with Gasteiger partial charge in [-0.15, -0.1) is 0 Å². The number of allylic oxidation sites excluding steroid dienone is 2. The number of epoxide rings is 1. The van der Waals surface area contributed by atoms with Gasteiger partial charge in [0.05, 0.1) is 24.2 Å². The lowest BCUT2D eigenvalue weighted by Gasteiger charge is -2.33. The molecule has 9 nitrogen and oxygen atoms in total. The molecular weight excluding hydrogens is 420 g/mol. The normalized spacial score (nSPS) is 34.3. The van der Waals surface area contributed by atoms with E-state index >= 15 is 0 Å². The number of methoxy groups -OCH3 is 1. The Bertz CT molecular complexity index is 914. The summed E-state index contributed by atoms with van der Waals surface area (Å²) in [5.41, 5.74) is -0.238. The largest absolute Gasteiger partial charge is 0.466 e. The van der Waals surface area contributed by atoms with Crippen LogP contribution in [0, 0.1) is 5.92 Å². The van der Waals surface area contributed by atoms with Crippen LogP contribution < -0.4 is 0 Å². The van der Waals surface area contributed by atoms with Crippen LogP contribution in [0.4, 0.5) is 0 Å². The molecule has 0 saturated carbocycles. The van der Waals surface area contributed by atoms with Gasteiger partial charge in [-0.1, -0.05) is 18.7 Å². The van der Waals surface area contributed by atoms with Crippen LogP contribution in [0.5, 0.6) is 0 Å². The van der Waals surface area contributed by atoms with Crippen LogP contribution in [0.1, 0.15) is 40.5 Å². The molecule has 2 saturated heterocycles. The second-order valence-electron chi connectivity index (χ2n) is 8.33. The molecule has 1 aliphatic carbocycles. The number of rotatable bonds is 4. The summed E-state index contributed by atoms with van der Waals surface area (Å²) in [7, 11) is 1.20. The smallest absolute Gasteiger partial charge is 0.337 e. The Morgan fingerprint density at radius 2 is 1.94 bits per heavy atom. The van der Waals surface area contributed by atoms with Gasteiger partial charge in [0.2, 0.25) is 0 Å². The summed E-state index contributed by atoms with van der Waals surface area (Å²) in [6, 6.07) is 0. The molecule has 0 N–H and O–H groups in total. The SMILES string of the molecule is C=C1C(=O)OC2C1C(OC(=O)C(C)=CC)C(OC(C)=O)C(C(=O)OC)=CCCC1(C)OC21. The summed E-state index contributed by atoms with van der Waals surface area (Å²) >= 11 is 0. The van der Waals surface area contributed by atoms with Gasteiger partial charge in [-0.05, 0) is 33.6 Å². The van der Waals surface area contributed by atoms with E-state index in [0.29, 0.717) is 18.4 Å². The molecule has 6 unspecified atom stereocenters.